The lowest BCUT2D eigenvalue weighted by Gasteiger charge is -2.36. The van der Waals surface area contributed by atoms with Gasteiger partial charge in [0.25, 0.3) is 0 Å². The predicted octanol–water partition coefficient (Wildman–Crippen LogP) is 1.87. The van der Waals surface area contributed by atoms with Gasteiger partial charge >= 0.3 is 0 Å². The van der Waals surface area contributed by atoms with E-state index in [2.05, 4.69) is 21.8 Å². The molecule has 2 aliphatic heterocycles. The van der Waals surface area contributed by atoms with Crippen LogP contribution in [0, 0.1) is 0 Å². The SMILES string of the molecule is O=C(CCNS(=O)(=O)c1ccc2c(c1)OCCCO2)N1CCN(c2ccccc2)CC1. The van der Waals surface area contributed by atoms with E-state index in [9.17, 15) is 13.2 Å². The van der Waals surface area contributed by atoms with Crippen molar-refractivity contribution < 1.29 is 22.7 Å². The summed E-state index contributed by atoms with van der Waals surface area (Å²) in [4.78, 5) is 16.7. The highest BCUT2D eigenvalue weighted by atomic mass is 32.2. The van der Waals surface area contributed by atoms with Gasteiger partial charge in [0.15, 0.2) is 11.5 Å². The molecule has 4 rings (SSSR count). The van der Waals surface area contributed by atoms with Gasteiger partial charge in [-0.25, -0.2) is 13.1 Å². The van der Waals surface area contributed by atoms with Gasteiger partial charge in [-0.05, 0) is 24.3 Å². The Bertz CT molecular complexity index is 1010. The van der Waals surface area contributed by atoms with Gasteiger partial charge in [0.05, 0.1) is 18.1 Å². The molecule has 2 aromatic rings. The highest BCUT2D eigenvalue weighted by molar-refractivity contribution is 7.89. The van der Waals surface area contributed by atoms with E-state index < -0.39 is 10.0 Å². The maximum Gasteiger partial charge on any atom is 0.240 e. The van der Waals surface area contributed by atoms with Crippen LogP contribution in [0.5, 0.6) is 11.5 Å². The summed E-state index contributed by atoms with van der Waals surface area (Å²) in [5, 5.41) is 0. The largest absolute Gasteiger partial charge is 0.490 e. The number of anilines is 1. The molecule has 0 saturated carbocycles. The number of ether oxygens (including phenoxy) is 2. The first-order chi connectivity index (χ1) is 15.0. The fourth-order valence-corrected chi connectivity index (χ4v) is 4.74. The molecule has 1 N–H and O–H groups in total. The lowest BCUT2D eigenvalue weighted by atomic mass is 10.2. The average molecular weight is 446 g/mol. The summed E-state index contributed by atoms with van der Waals surface area (Å²) >= 11 is 0. The standard InChI is InChI=1S/C22H27N3O5S/c26-22(25-13-11-24(12-14-25)18-5-2-1-3-6-18)9-10-23-31(27,28)19-7-8-20-21(17-19)30-16-4-15-29-20/h1-3,5-8,17,23H,4,9-16H2. The molecule has 0 bridgehead atoms. The quantitative estimate of drug-likeness (QED) is 0.730. The third kappa shape index (κ3) is 5.29. The van der Waals surface area contributed by atoms with Crippen LogP contribution in [0.25, 0.3) is 0 Å². The van der Waals surface area contributed by atoms with Crippen LogP contribution in [0.2, 0.25) is 0 Å². The number of carbonyl (C=O) groups is 1. The van der Waals surface area contributed by atoms with Gasteiger partial charge in [0, 0.05) is 57.3 Å². The minimum atomic E-state index is -3.74. The number of hydrogen-bond acceptors (Lipinski definition) is 6. The Labute approximate surface area is 182 Å². The number of rotatable bonds is 6. The van der Waals surface area contributed by atoms with E-state index in [1.165, 1.54) is 12.1 Å². The van der Waals surface area contributed by atoms with Gasteiger partial charge in [-0.1, -0.05) is 18.2 Å². The van der Waals surface area contributed by atoms with Crippen LogP contribution in [-0.4, -0.2) is 65.2 Å². The molecule has 0 radical (unpaired) electrons. The van der Waals surface area contributed by atoms with Gasteiger partial charge in [-0.3, -0.25) is 4.79 Å². The molecular weight excluding hydrogens is 418 g/mol. The molecule has 1 amide bonds. The number of benzene rings is 2. The molecule has 2 aliphatic rings. The zero-order valence-electron chi connectivity index (χ0n) is 17.3. The normalized spacial score (nSPS) is 16.6. The van der Waals surface area contributed by atoms with Crippen molar-refractivity contribution in [3.63, 3.8) is 0 Å². The summed E-state index contributed by atoms with van der Waals surface area (Å²) in [6.07, 6.45) is 0.867. The minimum Gasteiger partial charge on any atom is -0.490 e. The van der Waals surface area contributed by atoms with E-state index in [1.54, 1.807) is 11.0 Å². The van der Waals surface area contributed by atoms with Crippen LogP contribution in [0.3, 0.4) is 0 Å². The van der Waals surface area contributed by atoms with Gasteiger partial charge in [0.2, 0.25) is 15.9 Å². The van der Waals surface area contributed by atoms with Crippen molar-refractivity contribution in [1.29, 1.82) is 0 Å². The second-order valence-electron chi connectivity index (χ2n) is 7.51. The van der Waals surface area contributed by atoms with Gasteiger partial charge < -0.3 is 19.3 Å². The average Bonchev–Trinajstić information content (AvgIpc) is 3.04. The summed E-state index contributed by atoms with van der Waals surface area (Å²) in [5.41, 5.74) is 1.15. The Morgan fingerprint density at radius 3 is 2.39 bits per heavy atom. The predicted molar refractivity (Wildman–Crippen MR) is 117 cm³/mol. The number of sulfonamides is 1. The molecular formula is C22H27N3O5S. The lowest BCUT2D eigenvalue weighted by Crippen LogP contribution is -2.49. The summed E-state index contributed by atoms with van der Waals surface area (Å²) < 4.78 is 38.9. The van der Waals surface area contributed by atoms with E-state index in [0.29, 0.717) is 37.8 Å². The topological polar surface area (TPSA) is 88.2 Å². The maximum atomic E-state index is 12.6. The van der Waals surface area contributed by atoms with Crippen molar-refractivity contribution in [2.75, 3.05) is 50.8 Å². The lowest BCUT2D eigenvalue weighted by molar-refractivity contribution is -0.131. The molecule has 0 unspecified atom stereocenters. The van der Waals surface area contributed by atoms with Gasteiger partial charge in [-0.2, -0.15) is 0 Å². The number of fused-ring (bicyclic) bond motifs is 1. The first-order valence-corrected chi connectivity index (χ1v) is 12.0. The summed E-state index contributed by atoms with van der Waals surface area (Å²) in [6.45, 7) is 3.85. The van der Waals surface area contributed by atoms with Crippen molar-refractivity contribution in [1.82, 2.24) is 9.62 Å². The molecule has 9 heteroatoms. The number of nitrogens with one attached hydrogen (secondary N) is 1. The zero-order chi connectivity index (χ0) is 21.7. The molecule has 2 heterocycles. The Hall–Kier alpha value is -2.78. The van der Waals surface area contributed by atoms with E-state index in [0.717, 1.165) is 25.2 Å². The fraction of sp³-hybridized carbons (Fsp3) is 0.409. The van der Waals surface area contributed by atoms with Crippen molar-refractivity contribution in [2.45, 2.75) is 17.7 Å². The van der Waals surface area contributed by atoms with E-state index in [-0.39, 0.29) is 23.8 Å². The number of nitrogens with zero attached hydrogens (tertiary/aromatic N) is 2. The van der Waals surface area contributed by atoms with Crippen molar-refractivity contribution >= 4 is 21.6 Å². The number of amides is 1. The first kappa shape index (κ1) is 21.5. The van der Waals surface area contributed by atoms with Crippen LogP contribution in [0.4, 0.5) is 5.69 Å². The van der Waals surface area contributed by atoms with E-state index in [1.807, 2.05) is 18.2 Å². The summed E-state index contributed by atoms with van der Waals surface area (Å²) in [7, 11) is -3.74. The molecule has 0 atom stereocenters. The Balaban J connectivity index is 1.27. The maximum absolute atomic E-state index is 12.6. The van der Waals surface area contributed by atoms with Crippen LogP contribution in [-0.2, 0) is 14.8 Å². The molecule has 1 saturated heterocycles. The molecule has 1 fully saturated rings. The fourth-order valence-electron chi connectivity index (χ4n) is 3.70. The molecule has 166 valence electrons. The number of carbonyl (C=O) groups excluding carboxylic acids is 1. The van der Waals surface area contributed by atoms with Gasteiger partial charge in [-0.15, -0.1) is 0 Å². The van der Waals surface area contributed by atoms with Crippen molar-refractivity contribution in [3.05, 3.63) is 48.5 Å². The van der Waals surface area contributed by atoms with Gasteiger partial charge in [0.1, 0.15) is 0 Å². The molecule has 2 aromatic carbocycles. The molecule has 0 aliphatic carbocycles. The highest BCUT2D eigenvalue weighted by Gasteiger charge is 2.23. The zero-order valence-corrected chi connectivity index (χ0v) is 18.1. The number of hydrogen-bond donors (Lipinski definition) is 1. The minimum absolute atomic E-state index is 0.0472. The van der Waals surface area contributed by atoms with Crippen molar-refractivity contribution in [2.24, 2.45) is 0 Å². The Kier molecular flexibility index (Phi) is 6.62. The highest BCUT2D eigenvalue weighted by Crippen LogP contribution is 2.31. The molecule has 8 nitrogen and oxygen atoms in total. The monoisotopic (exact) mass is 445 g/mol. The van der Waals surface area contributed by atoms with Crippen LogP contribution < -0.4 is 19.1 Å². The van der Waals surface area contributed by atoms with E-state index >= 15 is 0 Å². The summed E-state index contributed by atoms with van der Waals surface area (Å²) in [6, 6.07) is 14.7. The van der Waals surface area contributed by atoms with Crippen LogP contribution in [0.1, 0.15) is 12.8 Å². The molecule has 31 heavy (non-hydrogen) atoms. The first-order valence-electron chi connectivity index (χ1n) is 10.5. The number of piperazine rings is 1. The Morgan fingerprint density at radius 2 is 1.65 bits per heavy atom. The van der Waals surface area contributed by atoms with Crippen molar-refractivity contribution in [3.8, 4) is 11.5 Å². The van der Waals surface area contributed by atoms with E-state index in [4.69, 9.17) is 9.47 Å². The third-order valence-corrected chi connectivity index (χ3v) is 6.87. The molecule has 0 spiro atoms. The second kappa shape index (κ2) is 9.57. The third-order valence-electron chi connectivity index (χ3n) is 5.41. The summed E-state index contributed by atoms with van der Waals surface area (Å²) in [5.74, 6) is 0.920. The number of para-hydroxylation sites is 1. The van der Waals surface area contributed by atoms with Crippen LogP contribution >= 0.6 is 0 Å². The molecule has 0 aromatic heterocycles. The Morgan fingerprint density at radius 1 is 0.935 bits per heavy atom. The second-order valence-corrected chi connectivity index (χ2v) is 9.28. The smallest absolute Gasteiger partial charge is 0.240 e. The van der Waals surface area contributed by atoms with Crippen LogP contribution in [0.15, 0.2) is 53.4 Å².